The highest BCUT2D eigenvalue weighted by Gasteiger charge is 2.08. The molecule has 0 amide bonds. The smallest absolute Gasteiger partial charge is 0.191 e. The number of hydrogen-bond donors (Lipinski definition) is 2. The van der Waals surface area contributed by atoms with E-state index >= 15 is 0 Å². The van der Waals surface area contributed by atoms with Gasteiger partial charge in [-0.3, -0.25) is 4.98 Å². The third-order valence-corrected chi connectivity index (χ3v) is 4.31. The largest absolute Gasteiger partial charge is 0.490 e. The van der Waals surface area contributed by atoms with Gasteiger partial charge in [-0.25, -0.2) is 4.99 Å². The van der Waals surface area contributed by atoms with Gasteiger partial charge in [-0.05, 0) is 56.9 Å². The molecule has 2 aromatic rings. The number of nitrogens with one attached hydrogen (secondary N) is 2. The van der Waals surface area contributed by atoms with E-state index in [1.807, 2.05) is 12.3 Å². The van der Waals surface area contributed by atoms with Gasteiger partial charge in [0.2, 0.25) is 0 Å². The monoisotopic (exact) mass is 496 g/mol. The molecule has 1 heterocycles. The van der Waals surface area contributed by atoms with Crippen molar-refractivity contribution in [1.82, 2.24) is 15.6 Å². The number of hydrogen-bond acceptors (Lipinski definition) is 3. The van der Waals surface area contributed by atoms with E-state index in [1.165, 1.54) is 11.1 Å². The Bertz CT molecular complexity index is 722. The average molecular weight is 496 g/mol. The Morgan fingerprint density at radius 2 is 2.04 bits per heavy atom. The Labute approximate surface area is 186 Å². The number of aliphatic imine (C=N–C) groups is 1. The Kier molecular flexibility index (Phi) is 11.6. The van der Waals surface area contributed by atoms with Gasteiger partial charge in [-0.15, -0.1) is 24.0 Å². The number of rotatable bonds is 9. The van der Waals surface area contributed by atoms with Crippen molar-refractivity contribution in [3.8, 4) is 5.75 Å². The lowest BCUT2D eigenvalue weighted by Gasteiger charge is -2.17. The number of halogens is 1. The first kappa shape index (κ1) is 24.2. The third kappa shape index (κ3) is 8.46. The second kappa shape index (κ2) is 13.4. The van der Waals surface area contributed by atoms with Crippen LogP contribution in [0.5, 0.6) is 5.75 Å². The molecule has 2 rings (SSSR count). The van der Waals surface area contributed by atoms with E-state index in [2.05, 4.69) is 67.6 Å². The summed E-state index contributed by atoms with van der Waals surface area (Å²) in [5.41, 5.74) is 3.51. The van der Waals surface area contributed by atoms with Crippen molar-refractivity contribution in [1.29, 1.82) is 0 Å². The van der Waals surface area contributed by atoms with E-state index in [0.29, 0.717) is 6.54 Å². The minimum atomic E-state index is 0. The summed E-state index contributed by atoms with van der Waals surface area (Å²) in [6.45, 7) is 10.6. The van der Waals surface area contributed by atoms with Crippen molar-refractivity contribution >= 4 is 29.9 Å². The van der Waals surface area contributed by atoms with Crippen molar-refractivity contribution in [3.05, 3.63) is 59.4 Å². The summed E-state index contributed by atoms with van der Waals surface area (Å²) in [4.78, 5) is 8.89. The van der Waals surface area contributed by atoms with Crippen molar-refractivity contribution in [2.75, 3.05) is 13.1 Å². The topological polar surface area (TPSA) is 58.5 Å². The van der Waals surface area contributed by atoms with Crippen LogP contribution in [-0.2, 0) is 13.0 Å². The van der Waals surface area contributed by atoms with Crippen LogP contribution in [0.1, 0.15) is 43.9 Å². The number of guanidine groups is 1. The fourth-order valence-electron chi connectivity index (χ4n) is 2.58. The van der Waals surface area contributed by atoms with Crippen LogP contribution in [0.15, 0.2) is 47.7 Å². The van der Waals surface area contributed by atoms with E-state index in [1.54, 1.807) is 6.20 Å². The molecule has 5 nitrogen and oxygen atoms in total. The van der Waals surface area contributed by atoms with Gasteiger partial charge in [0.05, 0.1) is 12.6 Å². The van der Waals surface area contributed by atoms with Crippen LogP contribution in [-0.4, -0.2) is 30.1 Å². The Morgan fingerprint density at radius 1 is 1.21 bits per heavy atom. The highest BCUT2D eigenvalue weighted by Crippen LogP contribution is 2.23. The van der Waals surface area contributed by atoms with Crippen LogP contribution in [0, 0.1) is 6.92 Å². The standard InChI is InChI=1S/C22H32N4O.HI/c1-5-18(4)27-21-14-17(3)9-10-20(21)16-26-22(24-6-2)25-13-11-19-8-7-12-23-15-19;/h7-10,12,14-15,18H,5-6,11,13,16H2,1-4H3,(H2,24,25,26);1H. The molecule has 1 aromatic carbocycles. The Balaban J connectivity index is 0.00000392. The predicted octanol–water partition coefficient (Wildman–Crippen LogP) is 4.48. The van der Waals surface area contributed by atoms with Gasteiger partial charge in [-0.1, -0.05) is 25.1 Å². The highest BCUT2D eigenvalue weighted by atomic mass is 127. The molecular formula is C22H33IN4O. The number of aryl methyl sites for hydroxylation is 1. The van der Waals surface area contributed by atoms with E-state index in [-0.39, 0.29) is 30.1 Å². The maximum absolute atomic E-state index is 6.09. The number of aromatic nitrogens is 1. The fourth-order valence-corrected chi connectivity index (χ4v) is 2.58. The number of ether oxygens (including phenoxy) is 1. The maximum Gasteiger partial charge on any atom is 0.191 e. The molecule has 0 saturated heterocycles. The van der Waals surface area contributed by atoms with Crippen LogP contribution in [0.25, 0.3) is 0 Å². The SMILES string of the molecule is CCNC(=NCc1ccc(C)cc1OC(C)CC)NCCc1cccnc1.I. The van der Waals surface area contributed by atoms with Crippen LogP contribution < -0.4 is 15.4 Å². The zero-order valence-corrected chi connectivity index (χ0v) is 19.7. The van der Waals surface area contributed by atoms with Gasteiger partial charge in [0, 0.05) is 31.0 Å². The summed E-state index contributed by atoms with van der Waals surface area (Å²) in [6.07, 6.45) is 5.78. The number of pyridine rings is 1. The molecule has 28 heavy (non-hydrogen) atoms. The maximum atomic E-state index is 6.09. The van der Waals surface area contributed by atoms with E-state index in [4.69, 9.17) is 9.73 Å². The van der Waals surface area contributed by atoms with Crippen molar-refractivity contribution < 1.29 is 4.74 Å². The van der Waals surface area contributed by atoms with Crippen LogP contribution >= 0.6 is 24.0 Å². The van der Waals surface area contributed by atoms with Gasteiger partial charge >= 0.3 is 0 Å². The third-order valence-electron chi connectivity index (χ3n) is 4.31. The zero-order valence-electron chi connectivity index (χ0n) is 17.4. The number of benzene rings is 1. The first-order valence-electron chi connectivity index (χ1n) is 9.79. The van der Waals surface area contributed by atoms with Gasteiger partial charge < -0.3 is 15.4 Å². The van der Waals surface area contributed by atoms with Gasteiger partial charge in [-0.2, -0.15) is 0 Å². The molecule has 1 aromatic heterocycles. The highest BCUT2D eigenvalue weighted by molar-refractivity contribution is 14.0. The molecule has 0 spiro atoms. The number of nitrogens with zero attached hydrogens (tertiary/aromatic N) is 2. The molecule has 1 atom stereocenters. The molecule has 0 aliphatic carbocycles. The van der Waals surface area contributed by atoms with Gasteiger partial charge in [0.15, 0.2) is 5.96 Å². The van der Waals surface area contributed by atoms with E-state index in [9.17, 15) is 0 Å². The summed E-state index contributed by atoms with van der Waals surface area (Å²) in [5, 5.41) is 6.70. The average Bonchev–Trinajstić information content (AvgIpc) is 2.68. The zero-order chi connectivity index (χ0) is 19.5. The molecular weight excluding hydrogens is 463 g/mol. The quantitative estimate of drug-likeness (QED) is 0.305. The summed E-state index contributed by atoms with van der Waals surface area (Å²) in [7, 11) is 0. The van der Waals surface area contributed by atoms with Crippen LogP contribution in [0.4, 0.5) is 0 Å². The van der Waals surface area contributed by atoms with Crippen molar-refractivity contribution in [3.63, 3.8) is 0 Å². The Hall–Kier alpha value is -1.83. The molecule has 0 fully saturated rings. The molecule has 154 valence electrons. The molecule has 6 heteroatoms. The normalized spacial score (nSPS) is 12.1. The lowest BCUT2D eigenvalue weighted by molar-refractivity contribution is 0.215. The minimum absolute atomic E-state index is 0. The molecule has 0 aliphatic heterocycles. The Morgan fingerprint density at radius 3 is 2.71 bits per heavy atom. The molecule has 2 N–H and O–H groups in total. The molecule has 0 radical (unpaired) electrons. The van der Waals surface area contributed by atoms with Crippen LogP contribution in [0.2, 0.25) is 0 Å². The molecule has 0 saturated carbocycles. The van der Waals surface area contributed by atoms with E-state index in [0.717, 1.165) is 43.2 Å². The molecule has 0 aliphatic rings. The summed E-state index contributed by atoms with van der Waals surface area (Å²) in [6, 6.07) is 10.4. The van der Waals surface area contributed by atoms with Gasteiger partial charge in [0.1, 0.15) is 5.75 Å². The van der Waals surface area contributed by atoms with Crippen molar-refractivity contribution in [2.45, 2.75) is 53.2 Å². The second-order valence-corrected chi connectivity index (χ2v) is 6.68. The first-order chi connectivity index (χ1) is 13.1. The fraction of sp³-hybridized carbons (Fsp3) is 0.455. The molecule has 1 unspecified atom stereocenters. The van der Waals surface area contributed by atoms with E-state index < -0.39 is 0 Å². The second-order valence-electron chi connectivity index (χ2n) is 6.68. The predicted molar refractivity (Wildman–Crippen MR) is 128 cm³/mol. The summed E-state index contributed by atoms with van der Waals surface area (Å²) < 4.78 is 6.09. The minimum Gasteiger partial charge on any atom is -0.490 e. The van der Waals surface area contributed by atoms with Gasteiger partial charge in [0.25, 0.3) is 0 Å². The summed E-state index contributed by atoms with van der Waals surface area (Å²) in [5.74, 6) is 1.75. The summed E-state index contributed by atoms with van der Waals surface area (Å²) >= 11 is 0. The molecule has 0 bridgehead atoms. The lowest BCUT2D eigenvalue weighted by atomic mass is 10.1. The first-order valence-corrected chi connectivity index (χ1v) is 9.79. The van der Waals surface area contributed by atoms with Crippen molar-refractivity contribution in [2.24, 2.45) is 4.99 Å². The lowest BCUT2D eigenvalue weighted by Crippen LogP contribution is -2.38. The van der Waals surface area contributed by atoms with Crippen LogP contribution in [0.3, 0.4) is 0 Å².